The Bertz CT molecular complexity index is 1140. The lowest BCUT2D eigenvalue weighted by Crippen LogP contribution is -2.41. The van der Waals surface area contributed by atoms with E-state index in [4.69, 9.17) is 21.1 Å². The van der Waals surface area contributed by atoms with Gasteiger partial charge in [0.05, 0.1) is 23.7 Å². The molecule has 7 nitrogen and oxygen atoms in total. The first kappa shape index (κ1) is 24.4. The summed E-state index contributed by atoms with van der Waals surface area (Å²) < 4.78 is 38.7. The minimum atomic E-state index is -3.99. The average Bonchev–Trinajstić information content (AvgIpc) is 2.82. The topological polar surface area (TPSA) is 84.9 Å². The summed E-state index contributed by atoms with van der Waals surface area (Å²) in [6, 6.07) is 21.5. The van der Waals surface area contributed by atoms with Gasteiger partial charge in [0.2, 0.25) is 5.91 Å². The van der Waals surface area contributed by atoms with Crippen molar-refractivity contribution >= 4 is 33.2 Å². The Morgan fingerprint density at radius 2 is 1.52 bits per heavy atom. The molecule has 1 amide bonds. The molecule has 0 saturated carbocycles. The summed E-state index contributed by atoms with van der Waals surface area (Å²) in [4.78, 5) is 12.7. The predicted octanol–water partition coefficient (Wildman–Crippen LogP) is 4.13. The van der Waals surface area contributed by atoms with Crippen molar-refractivity contribution in [3.05, 3.63) is 83.9 Å². The number of ether oxygens (including phenoxy) is 2. The van der Waals surface area contributed by atoms with Gasteiger partial charge in [-0.25, -0.2) is 8.42 Å². The molecule has 0 fully saturated rings. The van der Waals surface area contributed by atoms with E-state index in [0.717, 1.165) is 4.31 Å². The van der Waals surface area contributed by atoms with Gasteiger partial charge in [0.1, 0.15) is 24.7 Å². The van der Waals surface area contributed by atoms with Crippen molar-refractivity contribution in [3.8, 4) is 11.5 Å². The molecule has 0 aromatic heterocycles. The Morgan fingerprint density at radius 3 is 2.15 bits per heavy atom. The summed E-state index contributed by atoms with van der Waals surface area (Å²) in [5.74, 6) is 0.742. The summed E-state index contributed by atoms with van der Waals surface area (Å²) in [7, 11) is -3.99. The number of nitrogens with zero attached hydrogens (tertiary/aromatic N) is 1. The SMILES string of the molecule is CCOc1ccc(S(=O)(=O)N(CC(=O)NCCOc2ccc(Cl)cc2)c2ccccc2)cc1. The second kappa shape index (κ2) is 11.6. The van der Waals surface area contributed by atoms with Crippen molar-refractivity contribution in [3.63, 3.8) is 0 Å². The maximum Gasteiger partial charge on any atom is 0.264 e. The van der Waals surface area contributed by atoms with Gasteiger partial charge in [0, 0.05) is 5.02 Å². The van der Waals surface area contributed by atoms with E-state index in [-0.39, 0.29) is 24.6 Å². The predicted molar refractivity (Wildman–Crippen MR) is 129 cm³/mol. The standard InChI is InChI=1S/C24H25ClN2O5S/c1-2-31-21-12-14-23(15-13-21)33(29,30)27(20-6-4-3-5-7-20)18-24(28)26-16-17-32-22-10-8-19(25)9-11-22/h3-15H,2,16-18H2,1H3,(H,26,28). The lowest BCUT2D eigenvalue weighted by Gasteiger charge is -2.24. The molecule has 3 rings (SSSR count). The maximum atomic E-state index is 13.3. The Hall–Kier alpha value is -3.23. The van der Waals surface area contributed by atoms with Crippen molar-refractivity contribution in [1.82, 2.24) is 5.32 Å². The van der Waals surface area contributed by atoms with Crippen LogP contribution in [0.1, 0.15) is 6.92 Å². The number of carbonyl (C=O) groups excluding carboxylic acids is 1. The Balaban J connectivity index is 1.67. The lowest BCUT2D eigenvalue weighted by molar-refractivity contribution is -0.119. The molecule has 0 aliphatic carbocycles. The number of benzene rings is 3. The molecule has 174 valence electrons. The number of halogens is 1. The molecular formula is C24H25ClN2O5S. The highest BCUT2D eigenvalue weighted by atomic mass is 35.5. The molecule has 9 heteroatoms. The van der Waals surface area contributed by atoms with Crippen molar-refractivity contribution < 1.29 is 22.7 Å². The van der Waals surface area contributed by atoms with Crippen LogP contribution in [0.3, 0.4) is 0 Å². The van der Waals surface area contributed by atoms with Crippen molar-refractivity contribution in [1.29, 1.82) is 0 Å². The zero-order chi connectivity index (χ0) is 23.7. The van der Waals surface area contributed by atoms with Gasteiger partial charge in [-0.05, 0) is 67.6 Å². The first-order valence-corrected chi connectivity index (χ1v) is 12.2. The second-order valence-electron chi connectivity index (χ2n) is 6.90. The molecule has 0 spiro atoms. The monoisotopic (exact) mass is 488 g/mol. The van der Waals surface area contributed by atoms with Crippen LogP contribution >= 0.6 is 11.6 Å². The third-order valence-electron chi connectivity index (χ3n) is 4.56. The van der Waals surface area contributed by atoms with Gasteiger partial charge in [-0.3, -0.25) is 9.10 Å². The van der Waals surface area contributed by atoms with Gasteiger partial charge < -0.3 is 14.8 Å². The zero-order valence-electron chi connectivity index (χ0n) is 18.1. The molecule has 0 radical (unpaired) electrons. The van der Waals surface area contributed by atoms with Crippen LogP contribution in [0.25, 0.3) is 0 Å². The highest BCUT2D eigenvalue weighted by molar-refractivity contribution is 7.92. The van der Waals surface area contributed by atoms with Gasteiger partial charge in [-0.15, -0.1) is 0 Å². The molecular weight excluding hydrogens is 464 g/mol. The molecule has 0 bridgehead atoms. The molecule has 3 aromatic rings. The normalized spacial score (nSPS) is 11.0. The van der Waals surface area contributed by atoms with E-state index in [0.29, 0.717) is 28.8 Å². The second-order valence-corrected chi connectivity index (χ2v) is 9.20. The number of carbonyl (C=O) groups is 1. The maximum absolute atomic E-state index is 13.3. The first-order chi connectivity index (χ1) is 15.9. The highest BCUT2D eigenvalue weighted by Crippen LogP contribution is 2.25. The molecule has 0 heterocycles. The number of sulfonamides is 1. The summed E-state index contributed by atoms with van der Waals surface area (Å²) in [6.07, 6.45) is 0. The minimum Gasteiger partial charge on any atom is -0.494 e. The van der Waals surface area contributed by atoms with Crippen molar-refractivity contribution in [2.75, 3.05) is 30.6 Å². The number of rotatable bonds is 11. The molecule has 0 aliphatic rings. The Morgan fingerprint density at radius 1 is 0.909 bits per heavy atom. The van der Waals surface area contributed by atoms with Crippen molar-refractivity contribution in [2.45, 2.75) is 11.8 Å². The van der Waals surface area contributed by atoms with E-state index in [2.05, 4.69) is 5.32 Å². The third-order valence-corrected chi connectivity index (χ3v) is 6.60. The highest BCUT2D eigenvalue weighted by Gasteiger charge is 2.27. The van der Waals surface area contributed by atoms with Crippen LogP contribution in [-0.4, -0.2) is 40.6 Å². The fourth-order valence-electron chi connectivity index (χ4n) is 2.99. The summed E-state index contributed by atoms with van der Waals surface area (Å²) >= 11 is 5.84. The molecule has 0 atom stereocenters. The number of hydrogen-bond donors (Lipinski definition) is 1. The van der Waals surface area contributed by atoms with E-state index in [1.807, 2.05) is 6.92 Å². The molecule has 0 unspecified atom stereocenters. The Labute approximate surface area is 198 Å². The molecule has 0 saturated heterocycles. The van der Waals surface area contributed by atoms with Crippen LogP contribution in [0.15, 0.2) is 83.8 Å². The van der Waals surface area contributed by atoms with Gasteiger partial charge in [-0.1, -0.05) is 29.8 Å². The summed E-state index contributed by atoms with van der Waals surface area (Å²) in [5.41, 5.74) is 0.388. The molecule has 33 heavy (non-hydrogen) atoms. The average molecular weight is 489 g/mol. The zero-order valence-corrected chi connectivity index (χ0v) is 19.7. The van der Waals surface area contributed by atoms with E-state index in [1.165, 1.54) is 12.1 Å². The smallest absolute Gasteiger partial charge is 0.264 e. The van der Waals surface area contributed by atoms with Crippen LogP contribution in [-0.2, 0) is 14.8 Å². The van der Waals surface area contributed by atoms with Crippen LogP contribution in [0.2, 0.25) is 5.02 Å². The fraction of sp³-hybridized carbons (Fsp3) is 0.208. The number of amides is 1. The van der Waals surface area contributed by atoms with Crippen LogP contribution in [0.5, 0.6) is 11.5 Å². The van der Waals surface area contributed by atoms with Gasteiger partial charge in [0.15, 0.2) is 0 Å². The van der Waals surface area contributed by atoms with Gasteiger partial charge in [0.25, 0.3) is 10.0 Å². The van der Waals surface area contributed by atoms with E-state index in [1.54, 1.807) is 66.7 Å². The number of para-hydroxylation sites is 1. The molecule has 1 N–H and O–H groups in total. The van der Waals surface area contributed by atoms with Crippen LogP contribution < -0.4 is 19.1 Å². The summed E-state index contributed by atoms with van der Waals surface area (Å²) in [6.45, 7) is 2.39. The number of anilines is 1. The van der Waals surface area contributed by atoms with E-state index >= 15 is 0 Å². The molecule has 3 aromatic carbocycles. The van der Waals surface area contributed by atoms with E-state index in [9.17, 15) is 13.2 Å². The largest absolute Gasteiger partial charge is 0.494 e. The van der Waals surface area contributed by atoms with Crippen LogP contribution in [0.4, 0.5) is 5.69 Å². The number of hydrogen-bond acceptors (Lipinski definition) is 5. The summed E-state index contributed by atoms with van der Waals surface area (Å²) in [5, 5.41) is 3.30. The third kappa shape index (κ3) is 6.87. The fourth-order valence-corrected chi connectivity index (χ4v) is 4.53. The number of nitrogens with one attached hydrogen (secondary N) is 1. The lowest BCUT2D eigenvalue weighted by atomic mass is 10.3. The minimum absolute atomic E-state index is 0.0636. The van der Waals surface area contributed by atoms with Gasteiger partial charge in [-0.2, -0.15) is 0 Å². The van der Waals surface area contributed by atoms with E-state index < -0.39 is 15.9 Å². The Kier molecular flexibility index (Phi) is 8.57. The quantitative estimate of drug-likeness (QED) is 0.410. The van der Waals surface area contributed by atoms with Crippen molar-refractivity contribution in [2.24, 2.45) is 0 Å². The first-order valence-electron chi connectivity index (χ1n) is 10.4. The molecule has 0 aliphatic heterocycles. The van der Waals surface area contributed by atoms with Gasteiger partial charge >= 0.3 is 0 Å². The van der Waals surface area contributed by atoms with Crippen LogP contribution in [0, 0.1) is 0 Å².